The second-order valence-corrected chi connectivity index (χ2v) is 6.21. The first kappa shape index (κ1) is 13.8. The lowest BCUT2D eigenvalue weighted by Crippen LogP contribution is -2.27. The van der Waals surface area contributed by atoms with Gasteiger partial charge in [0.2, 0.25) is 0 Å². The first-order chi connectivity index (χ1) is 9.00. The average Bonchev–Trinajstić information content (AvgIpc) is 2.72. The Bertz CT molecular complexity index is 646. The maximum Gasteiger partial charge on any atom is 0.251 e. The number of rotatable bonds is 4. The number of benzene rings is 1. The smallest absolute Gasteiger partial charge is 0.251 e. The van der Waals surface area contributed by atoms with Gasteiger partial charge >= 0.3 is 0 Å². The van der Waals surface area contributed by atoms with Gasteiger partial charge in [0.05, 0.1) is 5.52 Å². The standard InChI is InChI=1S/C14H18N2O2S/c1-10-4-5-12(11-6-8-16(2)13(10)11)14(17)15-7-9-19(3)18/h4-6,8H,7,9H2,1-3H3,(H,15,17). The maximum absolute atomic E-state index is 12.1. The number of aromatic nitrogens is 1. The highest BCUT2D eigenvalue weighted by Crippen LogP contribution is 2.23. The van der Waals surface area contributed by atoms with Crippen molar-refractivity contribution in [2.24, 2.45) is 7.05 Å². The van der Waals surface area contributed by atoms with Crippen molar-refractivity contribution in [2.45, 2.75) is 6.92 Å². The molecule has 4 nitrogen and oxygen atoms in total. The van der Waals surface area contributed by atoms with E-state index in [1.807, 2.05) is 42.9 Å². The first-order valence-corrected chi connectivity index (χ1v) is 7.86. The van der Waals surface area contributed by atoms with Gasteiger partial charge in [-0.2, -0.15) is 0 Å². The monoisotopic (exact) mass is 278 g/mol. The molecule has 1 aromatic carbocycles. The number of carbonyl (C=O) groups is 1. The zero-order valence-electron chi connectivity index (χ0n) is 11.4. The van der Waals surface area contributed by atoms with E-state index >= 15 is 0 Å². The van der Waals surface area contributed by atoms with Crippen LogP contribution in [0.25, 0.3) is 10.9 Å². The summed E-state index contributed by atoms with van der Waals surface area (Å²) in [4.78, 5) is 12.1. The molecule has 2 rings (SSSR count). The third-order valence-electron chi connectivity index (χ3n) is 3.16. The van der Waals surface area contributed by atoms with E-state index in [1.165, 1.54) is 0 Å². The van der Waals surface area contributed by atoms with Gasteiger partial charge in [-0.3, -0.25) is 9.00 Å². The molecule has 0 radical (unpaired) electrons. The lowest BCUT2D eigenvalue weighted by molar-refractivity contribution is 0.0958. The van der Waals surface area contributed by atoms with Gasteiger partial charge in [-0.1, -0.05) is 6.07 Å². The van der Waals surface area contributed by atoms with Gasteiger partial charge in [0, 0.05) is 53.5 Å². The minimum atomic E-state index is -0.884. The molecule has 19 heavy (non-hydrogen) atoms. The molecule has 0 aliphatic rings. The second-order valence-electron chi connectivity index (χ2n) is 4.65. The van der Waals surface area contributed by atoms with Crippen LogP contribution >= 0.6 is 0 Å². The van der Waals surface area contributed by atoms with Crippen LogP contribution in [-0.4, -0.2) is 33.2 Å². The number of nitrogens with zero attached hydrogens (tertiary/aromatic N) is 1. The molecule has 0 fully saturated rings. The molecule has 1 heterocycles. The van der Waals surface area contributed by atoms with Crippen molar-refractivity contribution in [3.63, 3.8) is 0 Å². The molecular weight excluding hydrogens is 260 g/mol. The van der Waals surface area contributed by atoms with Gasteiger partial charge in [0.15, 0.2) is 0 Å². The summed E-state index contributed by atoms with van der Waals surface area (Å²) >= 11 is 0. The van der Waals surface area contributed by atoms with Gasteiger partial charge in [-0.15, -0.1) is 0 Å². The lowest BCUT2D eigenvalue weighted by atomic mass is 10.1. The van der Waals surface area contributed by atoms with Gasteiger partial charge in [0.25, 0.3) is 5.91 Å². The molecule has 102 valence electrons. The third-order valence-corrected chi connectivity index (χ3v) is 3.94. The molecule has 1 N–H and O–H groups in total. The lowest BCUT2D eigenvalue weighted by Gasteiger charge is -2.08. The zero-order chi connectivity index (χ0) is 14.0. The third kappa shape index (κ3) is 2.87. The quantitative estimate of drug-likeness (QED) is 0.923. The molecule has 2 aromatic rings. The van der Waals surface area contributed by atoms with Crippen LogP contribution in [0.15, 0.2) is 24.4 Å². The largest absolute Gasteiger partial charge is 0.351 e. The molecule has 1 atom stereocenters. The Kier molecular flexibility index (Phi) is 4.04. The zero-order valence-corrected chi connectivity index (χ0v) is 12.2. The van der Waals surface area contributed by atoms with Gasteiger partial charge in [-0.25, -0.2) is 0 Å². The van der Waals surface area contributed by atoms with Gasteiger partial charge in [0.1, 0.15) is 0 Å². The number of fused-ring (bicyclic) bond motifs is 1. The van der Waals surface area contributed by atoms with E-state index < -0.39 is 10.8 Å². The van der Waals surface area contributed by atoms with Crippen LogP contribution in [0.2, 0.25) is 0 Å². The summed E-state index contributed by atoms with van der Waals surface area (Å²) in [6, 6.07) is 5.75. The van der Waals surface area contributed by atoms with Crippen LogP contribution in [0.4, 0.5) is 0 Å². The van der Waals surface area contributed by atoms with E-state index in [0.717, 1.165) is 16.5 Å². The molecule has 5 heteroatoms. The highest BCUT2D eigenvalue weighted by molar-refractivity contribution is 7.84. The number of hydrogen-bond acceptors (Lipinski definition) is 2. The van der Waals surface area contributed by atoms with Crippen molar-refractivity contribution in [3.05, 3.63) is 35.5 Å². The Labute approximate surface area is 115 Å². The molecular formula is C14H18N2O2S. The van der Waals surface area contributed by atoms with E-state index in [2.05, 4.69) is 5.32 Å². The summed E-state index contributed by atoms with van der Waals surface area (Å²) in [5.41, 5.74) is 2.89. The number of carbonyl (C=O) groups excluding carboxylic acids is 1. The summed E-state index contributed by atoms with van der Waals surface area (Å²) < 4.78 is 13.0. The van der Waals surface area contributed by atoms with Gasteiger partial charge < -0.3 is 9.88 Å². The normalized spacial score (nSPS) is 12.6. The number of amides is 1. The van der Waals surface area contributed by atoms with Crippen molar-refractivity contribution in [3.8, 4) is 0 Å². The topological polar surface area (TPSA) is 51.1 Å². The Morgan fingerprint density at radius 3 is 2.79 bits per heavy atom. The van der Waals surface area contributed by atoms with E-state index in [1.54, 1.807) is 6.26 Å². The molecule has 0 saturated carbocycles. The van der Waals surface area contributed by atoms with E-state index in [0.29, 0.717) is 17.9 Å². The Balaban J connectivity index is 2.28. The van der Waals surface area contributed by atoms with E-state index in [9.17, 15) is 9.00 Å². The summed E-state index contributed by atoms with van der Waals surface area (Å²) in [7, 11) is 1.09. The molecule has 0 saturated heterocycles. The van der Waals surface area contributed by atoms with Crippen LogP contribution in [0.3, 0.4) is 0 Å². The van der Waals surface area contributed by atoms with Crippen LogP contribution in [0, 0.1) is 6.92 Å². The molecule has 0 spiro atoms. The molecule has 1 unspecified atom stereocenters. The summed E-state index contributed by atoms with van der Waals surface area (Å²) in [6.45, 7) is 2.47. The second kappa shape index (κ2) is 5.57. The van der Waals surface area contributed by atoms with Crippen molar-refractivity contribution >= 4 is 27.6 Å². The highest BCUT2D eigenvalue weighted by Gasteiger charge is 2.12. The minimum absolute atomic E-state index is 0.110. The molecule has 0 bridgehead atoms. The number of hydrogen-bond donors (Lipinski definition) is 1. The molecule has 0 aliphatic heterocycles. The van der Waals surface area contributed by atoms with Crippen LogP contribution in [0.1, 0.15) is 15.9 Å². The number of nitrogens with one attached hydrogen (secondary N) is 1. The van der Waals surface area contributed by atoms with E-state index in [-0.39, 0.29) is 5.91 Å². The van der Waals surface area contributed by atoms with Crippen molar-refractivity contribution in [1.82, 2.24) is 9.88 Å². The van der Waals surface area contributed by atoms with Gasteiger partial charge in [-0.05, 0) is 24.6 Å². The maximum atomic E-state index is 12.1. The van der Waals surface area contributed by atoms with Crippen molar-refractivity contribution in [1.29, 1.82) is 0 Å². The van der Waals surface area contributed by atoms with Crippen LogP contribution in [0.5, 0.6) is 0 Å². The predicted octanol–water partition coefficient (Wildman–Crippen LogP) is 1.60. The SMILES string of the molecule is Cc1ccc(C(=O)NCCS(C)=O)c2ccn(C)c12. The number of aryl methyl sites for hydroxylation is 2. The fourth-order valence-corrected chi connectivity index (χ4v) is 2.61. The molecule has 1 aromatic heterocycles. The van der Waals surface area contributed by atoms with Crippen LogP contribution < -0.4 is 5.32 Å². The Hall–Kier alpha value is -1.62. The Morgan fingerprint density at radius 2 is 2.11 bits per heavy atom. The highest BCUT2D eigenvalue weighted by atomic mass is 32.2. The fourth-order valence-electron chi connectivity index (χ4n) is 2.22. The predicted molar refractivity (Wildman–Crippen MR) is 78.9 cm³/mol. The summed E-state index contributed by atoms with van der Waals surface area (Å²) in [5.74, 6) is 0.372. The molecule has 1 amide bonds. The Morgan fingerprint density at radius 1 is 1.37 bits per heavy atom. The van der Waals surface area contributed by atoms with E-state index in [4.69, 9.17) is 0 Å². The summed E-state index contributed by atoms with van der Waals surface area (Å²) in [6.07, 6.45) is 3.59. The first-order valence-electron chi connectivity index (χ1n) is 6.13. The van der Waals surface area contributed by atoms with Crippen molar-refractivity contribution in [2.75, 3.05) is 18.6 Å². The molecule has 0 aliphatic carbocycles. The van der Waals surface area contributed by atoms with Crippen molar-refractivity contribution < 1.29 is 9.00 Å². The minimum Gasteiger partial charge on any atom is -0.351 e. The average molecular weight is 278 g/mol. The van der Waals surface area contributed by atoms with Crippen LogP contribution in [-0.2, 0) is 17.8 Å². The fraction of sp³-hybridized carbons (Fsp3) is 0.357. The summed E-state index contributed by atoms with van der Waals surface area (Å²) in [5, 5.41) is 3.77.